The number of esters is 1. The van der Waals surface area contributed by atoms with Crippen LogP contribution in [0.3, 0.4) is 0 Å². The van der Waals surface area contributed by atoms with Crippen LogP contribution < -0.4 is 10.5 Å². The second-order valence-electron chi connectivity index (χ2n) is 5.10. The van der Waals surface area contributed by atoms with Crippen LogP contribution in [0.25, 0.3) is 0 Å². The summed E-state index contributed by atoms with van der Waals surface area (Å²) in [6, 6.07) is 9.02. The van der Waals surface area contributed by atoms with E-state index in [9.17, 15) is 22.4 Å². The predicted molar refractivity (Wildman–Crippen MR) is 87.9 cm³/mol. The van der Waals surface area contributed by atoms with Crippen molar-refractivity contribution in [2.24, 2.45) is 5.73 Å². The second kappa shape index (κ2) is 7.31. The Hall–Kier alpha value is -2.94. The number of rotatable bonds is 6. The lowest BCUT2D eigenvalue weighted by Gasteiger charge is -2.12. The van der Waals surface area contributed by atoms with E-state index >= 15 is 0 Å². The van der Waals surface area contributed by atoms with Crippen LogP contribution in [-0.4, -0.2) is 26.9 Å². The van der Waals surface area contributed by atoms with E-state index in [-0.39, 0.29) is 21.7 Å². The number of hydrogen-bond acceptors (Lipinski definition) is 5. The van der Waals surface area contributed by atoms with E-state index in [1.807, 2.05) is 0 Å². The largest absolute Gasteiger partial charge is 0.452 e. The highest BCUT2D eigenvalue weighted by Gasteiger charge is 2.20. The predicted octanol–water partition coefficient (Wildman–Crippen LogP) is 1.58. The Labute approximate surface area is 143 Å². The minimum Gasteiger partial charge on any atom is -0.452 e. The quantitative estimate of drug-likeness (QED) is 0.753. The van der Waals surface area contributed by atoms with Crippen molar-refractivity contribution in [2.45, 2.75) is 11.8 Å². The van der Waals surface area contributed by atoms with Gasteiger partial charge in [0.05, 0.1) is 16.1 Å². The van der Waals surface area contributed by atoms with Gasteiger partial charge in [-0.05, 0) is 42.8 Å². The van der Waals surface area contributed by atoms with Crippen molar-refractivity contribution < 1.29 is 27.1 Å². The van der Waals surface area contributed by atoms with E-state index < -0.39 is 34.3 Å². The normalized spacial score (nSPS) is 11.0. The van der Waals surface area contributed by atoms with Crippen molar-refractivity contribution >= 4 is 27.6 Å². The molecular weight excluding hydrogens is 351 g/mol. The van der Waals surface area contributed by atoms with Crippen molar-refractivity contribution in [3.05, 3.63) is 59.4 Å². The van der Waals surface area contributed by atoms with Gasteiger partial charge in [0.15, 0.2) is 6.61 Å². The van der Waals surface area contributed by atoms with Gasteiger partial charge in [0, 0.05) is 0 Å². The van der Waals surface area contributed by atoms with E-state index in [0.29, 0.717) is 0 Å². The second-order valence-corrected chi connectivity index (χ2v) is 6.79. The molecule has 0 saturated carbocycles. The number of carbonyl (C=O) groups excluding carboxylic acids is 2. The molecule has 0 radical (unpaired) electrons. The van der Waals surface area contributed by atoms with Gasteiger partial charge in [0.1, 0.15) is 5.82 Å². The molecule has 2 rings (SSSR count). The number of amides is 1. The topological polar surface area (TPSA) is 116 Å². The van der Waals surface area contributed by atoms with Gasteiger partial charge in [-0.3, -0.25) is 9.52 Å². The molecule has 25 heavy (non-hydrogen) atoms. The van der Waals surface area contributed by atoms with Gasteiger partial charge in [-0.15, -0.1) is 0 Å². The van der Waals surface area contributed by atoms with E-state index in [2.05, 4.69) is 9.46 Å². The third-order valence-electron chi connectivity index (χ3n) is 3.18. The molecule has 0 atom stereocenters. The average molecular weight is 366 g/mol. The highest BCUT2D eigenvalue weighted by molar-refractivity contribution is 7.92. The maximum Gasteiger partial charge on any atom is 0.340 e. The Morgan fingerprint density at radius 3 is 2.52 bits per heavy atom. The summed E-state index contributed by atoms with van der Waals surface area (Å²) >= 11 is 0. The number of sulfonamides is 1. The van der Waals surface area contributed by atoms with Crippen molar-refractivity contribution in [3.8, 4) is 0 Å². The van der Waals surface area contributed by atoms with E-state index in [4.69, 9.17) is 5.73 Å². The highest BCUT2D eigenvalue weighted by Crippen LogP contribution is 2.22. The lowest BCUT2D eigenvalue weighted by molar-refractivity contribution is -0.121. The number of carbonyl (C=O) groups is 2. The summed E-state index contributed by atoms with van der Waals surface area (Å²) in [5.41, 5.74) is 4.93. The van der Waals surface area contributed by atoms with E-state index in [1.165, 1.54) is 37.3 Å². The first-order valence-electron chi connectivity index (χ1n) is 7.04. The number of para-hydroxylation sites is 1. The van der Waals surface area contributed by atoms with E-state index in [0.717, 1.165) is 12.1 Å². The average Bonchev–Trinajstić information content (AvgIpc) is 2.55. The van der Waals surface area contributed by atoms with Crippen molar-refractivity contribution in [3.63, 3.8) is 0 Å². The van der Waals surface area contributed by atoms with Crippen LogP contribution in [0.1, 0.15) is 15.9 Å². The third-order valence-corrected chi connectivity index (χ3v) is 4.54. The monoisotopic (exact) mass is 366 g/mol. The Morgan fingerprint density at radius 1 is 1.20 bits per heavy atom. The lowest BCUT2D eigenvalue weighted by atomic mass is 10.2. The van der Waals surface area contributed by atoms with Crippen LogP contribution in [0, 0.1) is 12.7 Å². The minimum atomic E-state index is -4.06. The fourth-order valence-corrected chi connectivity index (χ4v) is 3.12. The van der Waals surface area contributed by atoms with Gasteiger partial charge >= 0.3 is 5.97 Å². The van der Waals surface area contributed by atoms with Crippen LogP contribution in [0.2, 0.25) is 0 Å². The number of primary amides is 1. The SMILES string of the molecule is Cc1cc(S(=O)(=O)Nc2ccccc2C(=O)OCC(N)=O)ccc1F. The molecule has 2 aromatic rings. The fourth-order valence-electron chi connectivity index (χ4n) is 1.95. The van der Waals surface area contributed by atoms with Crippen LogP contribution in [0.5, 0.6) is 0 Å². The molecule has 0 heterocycles. The smallest absolute Gasteiger partial charge is 0.340 e. The molecule has 2 aromatic carbocycles. The molecule has 0 aliphatic rings. The van der Waals surface area contributed by atoms with Gasteiger partial charge in [-0.25, -0.2) is 17.6 Å². The number of ether oxygens (including phenoxy) is 1. The van der Waals surface area contributed by atoms with Crippen LogP contribution >= 0.6 is 0 Å². The van der Waals surface area contributed by atoms with Crippen LogP contribution in [-0.2, 0) is 19.6 Å². The minimum absolute atomic E-state index is 0.0426. The molecule has 0 unspecified atom stereocenters. The molecule has 0 bridgehead atoms. The molecule has 9 heteroatoms. The molecule has 132 valence electrons. The molecule has 0 fully saturated rings. The van der Waals surface area contributed by atoms with Crippen molar-refractivity contribution in [1.29, 1.82) is 0 Å². The molecule has 1 amide bonds. The Balaban J connectivity index is 2.31. The van der Waals surface area contributed by atoms with Crippen LogP contribution in [0.15, 0.2) is 47.4 Å². The summed E-state index contributed by atoms with van der Waals surface area (Å²) in [5, 5.41) is 0. The summed E-state index contributed by atoms with van der Waals surface area (Å²) in [5.74, 6) is -2.28. The number of nitrogens with two attached hydrogens (primary N) is 1. The number of benzene rings is 2. The van der Waals surface area contributed by atoms with Gasteiger partial charge in [-0.1, -0.05) is 12.1 Å². The first-order valence-corrected chi connectivity index (χ1v) is 8.52. The molecule has 0 aliphatic heterocycles. The summed E-state index contributed by atoms with van der Waals surface area (Å²) < 4.78 is 45.2. The summed E-state index contributed by atoms with van der Waals surface area (Å²) in [4.78, 5) is 22.5. The maximum absolute atomic E-state index is 13.3. The number of hydrogen-bond donors (Lipinski definition) is 2. The number of aryl methyl sites for hydroxylation is 1. The Bertz CT molecular complexity index is 928. The number of nitrogens with one attached hydrogen (secondary N) is 1. The van der Waals surface area contributed by atoms with Gasteiger partial charge in [0.2, 0.25) is 0 Å². The molecule has 0 spiro atoms. The summed E-state index contributed by atoms with van der Waals surface area (Å²) in [6.07, 6.45) is 0. The zero-order chi connectivity index (χ0) is 18.6. The third kappa shape index (κ3) is 4.54. The van der Waals surface area contributed by atoms with Crippen LogP contribution in [0.4, 0.5) is 10.1 Å². The fraction of sp³-hybridized carbons (Fsp3) is 0.125. The van der Waals surface area contributed by atoms with Crippen molar-refractivity contribution in [1.82, 2.24) is 0 Å². The Morgan fingerprint density at radius 2 is 1.88 bits per heavy atom. The molecule has 0 aliphatic carbocycles. The first-order chi connectivity index (χ1) is 11.7. The first kappa shape index (κ1) is 18.4. The summed E-state index contributed by atoms with van der Waals surface area (Å²) in [7, 11) is -4.06. The molecule has 7 nitrogen and oxygen atoms in total. The zero-order valence-electron chi connectivity index (χ0n) is 13.2. The molecule has 0 aromatic heterocycles. The molecular formula is C16H15FN2O5S. The Kier molecular flexibility index (Phi) is 5.38. The maximum atomic E-state index is 13.3. The van der Waals surface area contributed by atoms with Gasteiger partial charge in [0.25, 0.3) is 15.9 Å². The van der Waals surface area contributed by atoms with Crippen molar-refractivity contribution in [2.75, 3.05) is 11.3 Å². The van der Waals surface area contributed by atoms with Gasteiger partial charge < -0.3 is 10.5 Å². The number of halogens is 1. The lowest BCUT2D eigenvalue weighted by Crippen LogP contribution is -2.22. The zero-order valence-corrected chi connectivity index (χ0v) is 14.0. The van der Waals surface area contributed by atoms with Gasteiger partial charge in [-0.2, -0.15) is 0 Å². The number of anilines is 1. The van der Waals surface area contributed by atoms with E-state index in [1.54, 1.807) is 0 Å². The molecule has 0 saturated heterocycles. The highest BCUT2D eigenvalue weighted by atomic mass is 32.2. The molecule has 3 N–H and O–H groups in total. The standard InChI is InChI=1S/C16H15FN2O5S/c1-10-8-11(6-7-13(10)17)25(22,23)19-14-5-3-2-4-12(14)16(21)24-9-15(18)20/h2-8,19H,9H2,1H3,(H2,18,20). The summed E-state index contributed by atoms with van der Waals surface area (Å²) in [6.45, 7) is 0.806.